The lowest BCUT2D eigenvalue weighted by Crippen LogP contribution is -2.24. The quantitative estimate of drug-likeness (QED) is 0.297. The zero-order valence-electron chi connectivity index (χ0n) is 18.2. The van der Waals surface area contributed by atoms with E-state index in [1.165, 1.54) is 30.2 Å². The highest BCUT2D eigenvalue weighted by Crippen LogP contribution is 2.23. The Morgan fingerprint density at radius 1 is 1.19 bits per heavy atom. The minimum atomic E-state index is -0.160. The Kier molecular flexibility index (Phi) is 7.27. The topological polar surface area (TPSA) is 73.2 Å². The maximum Gasteiger partial charge on any atom is 0.262 e. The van der Waals surface area contributed by atoms with Crippen LogP contribution in [0.1, 0.15) is 32.1 Å². The van der Waals surface area contributed by atoms with Crippen molar-refractivity contribution in [3.05, 3.63) is 70.5 Å². The van der Waals surface area contributed by atoms with E-state index in [1.807, 2.05) is 42.5 Å². The van der Waals surface area contributed by atoms with E-state index in [-0.39, 0.29) is 17.2 Å². The SMILES string of the molecule is COc1cccc(NC(=O)CSc2nc3ccccc3c(=O)n2CCC2=CCCCC2)c1. The predicted molar refractivity (Wildman–Crippen MR) is 130 cm³/mol. The summed E-state index contributed by atoms with van der Waals surface area (Å²) in [6.45, 7) is 0.572. The minimum absolute atomic E-state index is 0.0530. The van der Waals surface area contributed by atoms with Crippen LogP contribution in [0.2, 0.25) is 0 Å². The van der Waals surface area contributed by atoms with E-state index in [1.54, 1.807) is 17.7 Å². The average Bonchev–Trinajstić information content (AvgIpc) is 2.83. The number of nitrogens with zero attached hydrogens (tertiary/aromatic N) is 2. The highest BCUT2D eigenvalue weighted by molar-refractivity contribution is 7.99. The number of hydrogen-bond donors (Lipinski definition) is 1. The molecule has 166 valence electrons. The van der Waals surface area contributed by atoms with E-state index in [4.69, 9.17) is 9.72 Å². The molecule has 1 amide bonds. The Labute approximate surface area is 191 Å². The molecule has 32 heavy (non-hydrogen) atoms. The highest BCUT2D eigenvalue weighted by Gasteiger charge is 2.14. The first kappa shape index (κ1) is 22.1. The number of amides is 1. The largest absolute Gasteiger partial charge is 0.497 e. The zero-order chi connectivity index (χ0) is 22.3. The van der Waals surface area contributed by atoms with Gasteiger partial charge in [0, 0.05) is 18.3 Å². The Morgan fingerprint density at radius 2 is 2.06 bits per heavy atom. The number of fused-ring (bicyclic) bond motifs is 1. The van der Waals surface area contributed by atoms with Gasteiger partial charge in [0.2, 0.25) is 5.91 Å². The Hall–Kier alpha value is -3.06. The molecule has 4 rings (SSSR count). The van der Waals surface area contributed by atoms with Crippen molar-refractivity contribution in [1.82, 2.24) is 9.55 Å². The number of rotatable bonds is 8. The first-order chi connectivity index (χ1) is 15.6. The lowest BCUT2D eigenvalue weighted by atomic mass is 9.97. The number of para-hydroxylation sites is 1. The molecule has 6 nitrogen and oxygen atoms in total. The first-order valence-electron chi connectivity index (χ1n) is 10.9. The van der Waals surface area contributed by atoms with Crippen molar-refractivity contribution in [2.24, 2.45) is 0 Å². The number of thioether (sulfide) groups is 1. The maximum atomic E-state index is 13.2. The maximum absolute atomic E-state index is 13.2. The Morgan fingerprint density at radius 3 is 2.88 bits per heavy atom. The van der Waals surface area contributed by atoms with Gasteiger partial charge in [0.25, 0.3) is 5.56 Å². The summed E-state index contributed by atoms with van der Waals surface area (Å²) < 4.78 is 6.93. The molecule has 1 aliphatic rings. The number of aromatic nitrogens is 2. The number of hydrogen-bond acceptors (Lipinski definition) is 5. The first-order valence-corrected chi connectivity index (χ1v) is 11.9. The second-order valence-corrected chi connectivity index (χ2v) is 8.74. The number of anilines is 1. The minimum Gasteiger partial charge on any atom is -0.497 e. The Bertz CT molecular complexity index is 1200. The van der Waals surface area contributed by atoms with E-state index in [9.17, 15) is 9.59 Å². The van der Waals surface area contributed by atoms with Crippen molar-refractivity contribution in [1.29, 1.82) is 0 Å². The molecule has 0 aliphatic heterocycles. The summed E-state index contributed by atoms with van der Waals surface area (Å²) in [5.41, 5.74) is 2.68. The van der Waals surface area contributed by atoms with Gasteiger partial charge in [0.15, 0.2) is 5.16 Å². The molecule has 0 unspecified atom stereocenters. The van der Waals surface area contributed by atoms with Gasteiger partial charge < -0.3 is 10.1 Å². The molecule has 1 heterocycles. The van der Waals surface area contributed by atoms with Crippen molar-refractivity contribution in [3.8, 4) is 5.75 Å². The van der Waals surface area contributed by atoms with Crippen LogP contribution in [-0.4, -0.2) is 28.3 Å². The molecule has 1 aromatic heterocycles. The summed E-state index contributed by atoms with van der Waals surface area (Å²) in [7, 11) is 1.59. The van der Waals surface area contributed by atoms with Gasteiger partial charge in [0.1, 0.15) is 5.75 Å². The van der Waals surface area contributed by atoms with Crippen molar-refractivity contribution in [2.75, 3.05) is 18.2 Å². The summed E-state index contributed by atoms with van der Waals surface area (Å²) in [4.78, 5) is 30.5. The van der Waals surface area contributed by atoms with E-state index >= 15 is 0 Å². The fraction of sp³-hybridized carbons (Fsp3) is 0.320. The van der Waals surface area contributed by atoms with E-state index in [0.717, 1.165) is 19.3 Å². The lowest BCUT2D eigenvalue weighted by Gasteiger charge is -2.16. The van der Waals surface area contributed by atoms with Gasteiger partial charge in [0.05, 0.1) is 23.8 Å². The van der Waals surface area contributed by atoms with Crippen molar-refractivity contribution >= 4 is 34.3 Å². The molecule has 7 heteroatoms. The van der Waals surface area contributed by atoms with Crippen molar-refractivity contribution < 1.29 is 9.53 Å². The molecule has 0 spiro atoms. The summed E-state index contributed by atoms with van der Waals surface area (Å²) >= 11 is 1.29. The van der Waals surface area contributed by atoms with Crippen LogP contribution in [0.15, 0.2) is 70.1 Å². The van der Waals surface area contributed by atoms with Gasteiger partial charge in [-0.15, -0.1) is 0 Å². The number of ether oxygens (including phenoxy) is 1. The summed E-state index contributed by atoms with van der Waals surface area (Å²) in [5.74, 6) is 0.676. The average molecular weight is 450 g/mol. The lowest BCUT2D eigenvalue weighted by molar-refractivity contribution is -0.113. The van der Waals surface area contributed by atoms with Crippen LogP contribution in [0.3, 0.4) is 0 Å². The van der Waals surface area contributed by atoms with Crippen LogP contribution in [0, 0.1) is 0 Å². The molecule has 0 atom stereocenters. The van der Waals surface area contributed by atoms with Crippen LogP contribution in [0.5, 0.6) is 5.75 Å². The van der Waals surface area contributed by atoms with Gasteiger partial charge in [-0.05, 0) is 56.4 Å². The second-order valence-electron chi connectivity index (χ2n) is 7.80. The fourth-order valence-electron chi connectivity index (χ4n) is 3.87. The molecule has 0 fully saturated rings. The predicted octanol–water partition coefficient (Wildman–Crippen LogP) is 5.03. The van der Waals surface area contributed by atoms with Crippen LogP contribution in [0.4, 0.5) is 5.69 Å². The smallest absolute Gasteiger partial charge is 0.262 e. The van der Waals surface area contributed by atoms with E-state index < -0.39 is 0 Å². The van der Waals surface area contributed by atoms with E-state index in [0.29, 0.717) is 34.0 Å². The zero-order valence-corrected chi connectivity index (χ0v) is 19.0. The third-order valence-electron chi connectivity index (χ3n) is 5.55. The molecule has 2 aromatic carbocycles. The van der Waals surface area contributed by atoms with Crippen LogP contribution < -0.4 is 15.6 Å². The molecular formula is C25H27N3O3S. The number of carbonyl (C=O) groups is 1. The highest BCUT2D eigenvalue weighted by atomic mass is 32.2. The molecule has 3 aromatic rings. The summed E-state index contributed by atoms with van der Waals surface area (Å²) in [5, 5.41) is 4.06. The standard InChI is InChI=1S/C25H27N3O3S/c1-31-20-11-7-10-19(16-20)26-23(29)17-32-25-27-22-13-6-5-12-21(22)24(30)28(25)15-14-18-8-3-2-4-9-18/h5-8,10-13,16H,2-4,9,14-15,17H2,1H3,(H,26,29). The molecule has 0 radical (unpaired) electrons. The van der Waals surface area contributed by atoms with Gasteiger partial charge in [-0.3, -0.25) is 14.2 Å². The van der Waals surface area contributed by atoms with Gasteiger partial charge >= 0.3 is 0 Å². The summed E-state index contributed by atoms with van der Waals surface area (Å²) in [6, 6.07) is 14.6. The number of benzene rings is 2. The number of nitrogens with one attached hydrogen (secondary N) is 1. The molecule has 0 saturated carbocycles. The van der Waals surface area contributed by atoms with Crippen molar-refractivity contribution in [3.63, 3.8) is 0 Å². The number of allylic oxidation sites excluding steroid dienone is 2. The van der Waals surface area contributed by atoms with Gasteiger partial charge in [-0.1, -0.05) is 41.6 Å². The van der Waals surface area contributed by atoms with Gasteiger partial charge in [-0.2, -0.15) is 0 Å². The number of carbonyl (C=O) groups excluding carboxylic acids is 1. The molecule has 1 aliphatic carbocycles. The summed E-state index contributed by atoms with van der Waals surface area (Å²) in [6.07, 6.45) is 7.81. The van der Waals surface area contributed by atoms with E-state index in [2.05, 4.69) is 11.4 Å². The molecular weight excluding hydrogens is 422 g/mol. The molecule has 1 N–H and O–H groups in total. The van der Waals surface area contributed by atoms with Crippen molar-refractivity contribution in [2.45, 2.75) is 43.8 Å². The van der Waals surface area contributed by atoms with Crippen LogP contribution >= 0.6 is 11.8 Å². The third kappa shape index (κ3) is 5.40. The fourth-order valence-corrected chi connectivity index (χ4v) is 4.70. The molecule has 0 bridgehead atoms. The number of methoxy groups -OCH3 is 1. The molecule has 0 saturated heterocycles. The normalized spacial score (nSPS) is 13.6. The Balaban J connectivity index is 1.52. The third-order valence-corrected chi connectivity index (χ3v) is 6.53. The second kappa shape index (κ2) is 10.5. The monoisotopic (exact) mass is 449 g/mol. The van der Waals surface area contributed by atoms with Crippen LogP contribution in [0.25, 0.3) is 10.9 Å². The van der Waals surface area contributed by atoms with Gasteiger partial charge in [-0.25, -0.2) is 4.98 Å². The van der Waals surface area contributed by atoms with Crippen LogP contribution in [-0.2, 0) is 11.3 Å².